The lowest BCUT2D eigenvalue weighted by Crippen LogP contribution is -2.34. The van der Waals surface area contributed by atoms with Crippen LogP contribution in [0.5, 0.6) is 0 Å². The number of rotatable bonds is 5. The number of hydrogen-bond donors (Lipinski definition) is 0. The molecule has 3 rings (SSSR count). The maximum atomic E-state index is 4.63. The number of pyridine rings is 1. The molecular weight excluding hydrogens is 272 g/mol. The third-order valence-corrected chi connectivity index (χ3v) is 4.58. The molecule has 2 aromatic rings. The molecule has 1 aliphatic rings. The molecule has 4 nitrogen and oxygen atoms in total. The summed E-state index contributed by atoms with van der Waals surface area (Å²) in [7, 11) is 0. The quantitative estimate of drug-likeness (QED) is 0.842. The summed E-state index contributed by atoms with van der Waals surface area (Å²) in [6.07, 6.45) is 10.8. The van der Waals surface area contributed by atoms with Crippen molar-refractivity contribution in [2.24, 2.45) is 0 Å². The number of aromatic nitrogens is 3. The van der Waals surface area contributed by atoms with Crippen LogP contribution in [0.2, 0.25) is 0 Å². The topological polar surface area (TPSA) is 34.0 Å². The number of unbranched alkanes of at least 4 members (excludes halogenated alkanes) is 1. The van der Waals surface area contributed by atoms with Gasteiger partial charge >= 0.3 is 0 Å². The number of piperidine rings is 1. The zero-order chi connectivity index (χ0) is 15.4. The van der Waals surface area contributed by atoms with Gasteiger partial charge in [-0.1, -0.05) is 19.4 Å². The molecule has 22 heavy (non-hydrogen) atoms. The van der Waals surface area contributed by atoms with Gasteiger partial charge in [-0.05, 0) is 37.8 Å². The van der Waals surface area contributed by atoms with Crippen LogP contribution in [0.25, 0.3) is 0 Å². The standard InChI is InChI=1S/C18H26N4/c1-3-4-10-22-13-9-19-18(22)16-7-11-21(12-8-16)17-6-5-15(2)14-20-17/h5-6,9,13-14,16H,3-4,7-8,10-12H2,1-2H3. The molecular formula is C18H26N4. The highest BCUT2D eigenvalue weighted by atomic mass is 15.2. The van der Waals surface area contributed by atoms with Gasteiger partial charge in [-0.15, -0.1) is 0 Å². The first kappa shape index (κ1) is 15.1. The van der Waals surface area contributed by atoms with E-state index in [-0.39, 0.29) is 0 Å². The second kappa shape index (κ2) is 6.95. The Balaban J connectivity index is 1.62. The normalized spacial score (nSPS) is 16.2. The van der Waals surface area contributed by atoms with E-state index in [2.05, 4.69) is 51.6 Å². The van der Waals surface area contributed by atoms with Crippen molar-refractivity contribution in [2.45, 2.75) is 52.0 Å². The molecule has 0 spiro atoms. The second-order valence-electron chi connectivity index (χ2n) is 6.29. The number of hydrogen-bond acceptors (Lipinski definition) is 3. The van der Waals surface area contributed by atoms with Crippen LogP contribution < -0.4 is 4.90 Å². The number of anilines is 1. The Morgan fingerprint density at radius 3 is 2.68 bits per heavy atom. The minimum absolute atomic E-state index is 0.591. The fourth-order valence-corrected chi connectivity index (χ4v) is 3.21. The van der Waals surface area contributed by atoms with E-state index in [0.29, 0.717) is 5.92 Å². The average Bonchev–Trinajstić information content (AvgIpc) is 3.02. The van der Waals surface area contributed by atoms with Crippen LogP contribution in [-0.4, -0.2) is 27.6 Å². The predicted octanol–water partition coefficient (Wildman–Crippen LogP) is 3.77. The van der Waals surface area contributed by atoms with Gasteiger partial charge in [0.05, 0.1) is 0 Å². The number of imidazole rings is 1. The van der Waals surface area contributed by atoms with E-state index in [1.54, 1.807) is 0 Å². The Morgan fingerprint density at radius 1 is 1.18 bits per heavy atom. The van der Waals surface area contributed by atoms with Crippen LogP contribution >= 0.6 is 0 Å². The molecule has 1 aliphatic heterocycles. The first-order valence-electron chi connectivity index (χ1n) is 8.46. The van der Waals surface area contributed by atoms with Crippen LogP contribution in [0, 0.1) is 6.92 Å². The van der Waals surface area contributed by atoms with Crippen molar-refractivity contribution in [3.63, 3.8) is 0 Å². The molecule has 0 aliphatic carbocycles. The summed E-state index contributed by atoms with van der Waals surface area (Å²) in [4.78, 5) is 11.6. The van der Waals surface area contributed by atoms with Gasteiger partial charge in [0, 0.05) is 44.1 Å². The van der Waals surface area contributed by atoms with Crippen LogP contribution in [0.4, 0.5) is 5.82 Å². The molecule has 1 saturated heterocycles. The summed E-state index contributed by atoms with van der Waals surface area (Å²) in [6, 6.07) is 4.28. The summed E-state index contributed by atoms with van der Waals surface area (Å²) >= 11 is 0. The summed E-state index contributed by atoms with van der Waals surface area (Å²) in [5.41, 5.74) is 1.22. The molecule has 4 heteroatoms. The minimum atomic E-state index is 0.591. The summed E-state index contributed by atoms with van der Waals surface area (Å²) in [5, 5.41) is 0. The molecule has 0 N–H and O–H groups in total. The monoisotopic (exact) mass is 298 g/mol. The minimum Gasteiger partial charge on any atom is -0.357 e. The fraction of sp³-hybridized carbons (Fsp3) is 0.556. The van der Waals surface area contributed by atoms with Crippen molar-refractivity contribution in [2.75, 3.05) is 18.0 Å². The zero-order valence-corrected chi connectivity index (χ0v) is 13.7. The zero-order valence-electron chi connectivity index (χ0n) is 13.7. The predicted molar refractivity (Wildman–Crippen MR) is 90.3 cm³/mol. The Kier molecular flexibility index (Phi) is 4.76. The smallest absolute Gasteiger partial charge is 0.128 e. The van der Waals surface area contributed by atoms with Gasteiger partial charge in [0.2, 0.25) is 0 Å². The Hall–Kier alpha value is -1.84. The van der Waals surface area contributed by atoms with Gasteiger partial charge in [0.15, 0.2) is 0 Å². The van der Waals surface area contributed by atoms with E-state index in [4.69, 9.17) is 0 Å². The molecule has 0 saturated carbocycles. The second-order valence-corrected chi connectivity index (χ2v) is 6.29. The fourth-order valence-electron chi connectivity index (χ4n) is 3.21. The maximum Gasteiger partial charge on any atom is 0.128 e. The Morgan fingerprint density at radius 2 is 2.00 bits per heavy atom. The van der Waals surface area contributed by atoms with Crippen molar-refractivity contribution in [3.8, 4) is 0 Å². The molecule has 3 heterocycles. The Labute approximate surface area is 133 Å². The lowest BCUT2D eigenvalue weighted by atomic mass is 9.96. The van der Waals surface area contributed by atoms with Gasteiger partial charge in [-0.25, -0.2) is 9.97 Å². The molecule has 0 unspecified atom stereocenters. The SMILES string of the molecule is CCCCn1ccnc1C1CCN(c2ccc(C)cn2)CC1. The number of aryl methyl sites for hydroxylation is 2. The van der Waals surface area contributed by atoms with E-state index < -0.39 is 0 Å². The average molecular weight is 298 g/mol. The highest BCUT2D eigenvalue weighted by Crippen LogP contribution is 2.29. The van der Waals surface area contributed by atoms with Gasteiger partial charge in [-0.2, -0.15) is 0 Å². The highest BCUT2D eigenvalue weighted by molar-refractivity contribution is 5.39. The first-order valence-corrected chi connectivity index (χ1v) is 8.46. The van der Waals surface area contributed by atoms with Crippen molar-refractivity contribution < 1.29 is 0 Å². The maximum absolute atomic E-state index is 4.63. The summed E-state index contributed by atoms with van der Waals surface area (Å²) in [5.74, 6) is 2.98. The van der Waals surface area contributed by atoms with Crippen molar-refractivity contribution in [1.29, 1.82) is 0 Å². The van der Waals surface area contributed by atoms with Crippen molar-refractivity contribution in [1.82, 2.24) is 14.5 Å². The largest absolute Gasteiger partial charge is 0.357 e. The van der Waals surface area contributed by atoms with E-state index in [0.717, 1.165) is 25.5 Å². The molecule has 0 amide bonds. The number of nitrogens with zero attached hydrogens (tertiary/aromatic N) is 4. The van der Waals surface area contributed by atoms with Crippen molar-refractivity contribution in [3.05, 3.63) is 42.1 Å². The summed E-state index contributed by atoms with van der Waals surface area (Å²) in [6.45, 7) is 7.57. The molecule has 0 bridgehead atoms. The molecule has 0 aromatic carbocycles. The third kappa shape index (κ3) is 3.32. The van der Waals surface area contributed by atoms with Gasteiger partial charge in [0.25, 0.3) is 0 Å². The lowest BCUT2D eigenvalue weighted by molar-refractivity contribution is 0.458. The molecule has 118 valence electrons. The Bertz CT molecular complexity index is 579. The molecule has 0 radical (unpaired) electrons. The third-order valence-electron chi connectivity index (χ3n) is 4.58. The molecule has 2 aromatic heterocycles. The van der Waals surface area contributed by atoms with Gasteiger partial charge < -0.3 is 9.47 Å². The van der Waals surface area contributed by atoms with Crippen LogP contribution in [0.1, 0.15) is 49.9 Å². The van der Waals surface area contributed by atoms with E-state index in [9.17, 15) is 0 Å². The molecule has 0 atom stereocenters. The van der Waals surface area contributed by atoms with Gasteiger partial charge in [-0.3, -0.25) is 0 Å². The van der Waals surface area contributed by atoms with E-state index >= 15 is 0 Å². The summed E-state index contributed by atoms with van der Waals surface area (Å²) < 4.78 is 2.36. The van der Waals surface area contributed by atoms with Crippen LogP contribution in [-0.2, 0) is 6.54 Å². The van der Waals surface area contributed by atoms with Gasteiger partial charge in [0.1, 0.15) is 11.6 Å². The van der Waals surface area contributed by atoms with Crippen LogP contribution in [0.3, 0.4) is 0 Å². The first-order chi connectivity index (χ1) is 10.8. The van der Waals surface area contributed by atoms with Crippen LogP contribution in [0.15, 0.2) is 30.7 Å². The lowest BCUT2D eigenvalue weighted by Gasteiger charge is -2.32. The van der Waals surface area contributed by atoms with E-state index in [1.807, 2.05) is 12.4 Å². The molecule has 1 fully saturated rings. The van der Waals surface area contributed by atoms with E-state index in [1.165, 1.54) is 37.1 Å². The van der Waals surface area contributed by atoms with Crippen molar-refractivity contribution >= 4 is 5.82 Å². The highest BCUT2D eigenvalue weighted by Gasteiger charge is 2.24.